The van der Waals surface area contributed by atoms with E-state index >= 15 is 0 Å². The van der Waals surface area contributed by atoms with E-state index in [1.54, 1.807) is 22.7 Å². The van der Waals surface area contributed by atoms with E-state index in [4.69, 9.17) is 0 Å². The van der Waals surface area contributed by atoms with Gasteiger partial charge in [-0.05, 0) is 53.2 Å². The molecule has 0 bridgehead atoms. The smallest absolute Gasteiger partial charge is 0.0907 e. The Morgan fingerprint density at radius 1 is 1.22 bits per heavy atom. The van der Waals surface area contributed by atoms with Crippen molar-refractivity contribution >= 4 is 54.5 Å². The van der Waals surface area contributed by atoms with Crippen LogP contribution < -0.4 is 5.32 Å². The highest BCUT2D eigenvalue weighted by molar-refractivity contribution is 9.11. The monoisotopic (exact) mass is 338 g/mol. The van der Waals surface area contributed by atoms with Crippen LogP contribution in [-0.4, -0.2) is 4.98 Å². The molecule has 18 heavy (non-hydrogen) atoms. The Kier molecular flexibility index (Phi) is 3.37. The van der Waals surface area contributed by atoms with Crippen molar-refractivity contribution in [2.45, 2.75) is 13.5 Å². The van der Waals surface area contributed by atoms with Gasteiger partial charge in [-0.3, -0.25) is 0 Å². The minimum Gasteiger partial charge on any atom is -0.380 e. The molecule has 2 heterocycles. The molecule has 0 aliphatic rings. The molecule has 1 N–H and O–H groups in total. The molecule has 1 aromatic carbocycles. The van der Waals surface area contributed by atoms with Gasteiger partial charge in [-0.25, -0.2) is 4.98 Å². The van der Waals surface area contributed by atoms with E-state index in [2.05, 4.69) is 56.6 Å². The number of rotatable bonds is 3. The minimum atomic E-state index is 0.861. The molecule has 5 heteroatoms. The Bertz CT molecular complexity index is 687. The molecule has 0 aliphatic heterocycles. The van der Waals surface area contributed by atoms with Crippen LogP contribution in [0.15, 0.2) is 34.1 Å². The number of nitrogens with zero attached hydrogens (tertiary/aromatic N) is 1. The van der Waals surface area contributed by atoms with E-state index in [0.29, 0.717) is 0 Å². The normalized spacial score (nSPS) is 11.0. The second kappa shape index (κ2) is 4.99. The predicted molar refractivity (Wildman–Crippen MR) is 83.7 cm³/mol. The lowest BCUT2D eigenvalue weighted by Gasteiger charge is -2.04. The van der Waals surface area contributed by atoms with Crippen LogP contribution in [0.3, 0.4) is 0 Å². The molecule has 0 unspecified atom stereocenters. The van der Waals surface area contributed by atoms with Crippen molar-refractivity contribution in [1.29, 1.82) is 0 Å². The molecule has 0 saturated carbocycles. The summed E-state index contributed by atoms with van der Waals surface area (Å²) in [6, 6.07) is 10.5. The fourth-order valence-electron chi connectivity index (χ4n) is 1.79. The minimum absolute atomic E-state index is 0.861. The van der Waals surface area contributed by atoms with Crippen LogP contribution in [-0.2, 0) is 6.54 Å². The Balaban J connectivity index is 1.78. The summed E-state index contributed by atoms with van der Waals surface area (Å²) in [5, 5.41) is 4.56. The van der Waals surface area contributed by atoms with Gasteiger partial charge in [-0.15, -0.1) is 22.7 Å². The Hall–Kier alpha value is -0.910. The second-order valence-electron chi connectivity index (χ2n) is 3.97. The zero-order chi connectivity index (χ0) is 12.5. The molecule has 92 valence electrons. The number of nitrogens with one attached hydrogen (secondary N) is 1. The predicted octanol–water partition coefficient (Wildman–Crippen LogP) is 5.04. The maximum atomic E-state index is 4.46. The molecule has 2 nitrogen and oxygen atoms in total. The lowest BCUT2D eigenvalue weighted by Crippen LogP contribution is -1.96. The zero-order valence-corrected chi connectivity index (χ0v) is 13.0. The van der Waals surface area contributed by atoms with Gasteiger partial charge in [0.15, 0.2) is 0 Å². The number of aryl methyl sites for hydroxylation is 1. The highest BCUT2D eigenvalue weighted by Crippen LogP contribution is 2.26. The molecule has 2 aromatic heterocycles. The van der Waals surface area contributed by atoms with Gasteiger partial charge in [-0.2, -0.15) is 0 Å². The number of hydrogen-bond acceptors (Lipinski definition) is 4. The quantitative estimate of drug-likeness (QED) is 0.723. The molecule has 3 rings (SSSR count). The van der Waals surface area contributed by atoms with E-state index in [0.717, 1.165) is 22.8 Å². The lowest BCUT2D eigenvalue weighted by atomic mass is 10.3. The van der Waals surface area contributed by atoms with Crippen molar-refractivity contribution < 1.29 is 0 Å². The third kappa shape index (κ3) is 2.58. The number of anilines is 1. The van der Waals surface area contributed by atoms with Crippen molar-refractivity contribution in [2.75, 3.05) is 5.32 Å². The van der Waals surface area contributed by atoms with E-state index in [1.807, 2.05) is 6.92 Å². The first-order valence-electron chi connectivity index (χ1n) is 5.56. The summed E-state index contributed by atoms with van der Waals surface area (Å²) in [6.07, 6.45) is 0. The molecule has 0 aliphatic carbocycles. The van der Waals surface area contributed by atoms with Crippen molar-refractivity contribution in [3.05, 3.63) is 44.0 Å². The van der Waals surface area contributed by atoms with Crippen molar-refractivity contribution in [2.24, 2.45) is 0 Å². The molecule has 0 atom stereocenters. The third-order valence-corrected chi connectivity index (χ3v) is 5.15. The first kappa shape index (κ1) is 12.1. The van der Waals surface area contributed by atoms with Gasteiger partial charge < -0.3 is 5.32 Å². The zero-order valence-electron chi connectivity index (χ0n) is 9.74. The summed E-state index contributed by atoms with van der Waals surface area (Å²) < 4.78 is 2.41. The summed E-state index contributed by atoms with van der Waals surface area (Å²) in [5.74, 6) is 0. The number of halogens is 1. The maximum absolute atomic E-state index is 4.46. The third-order valence-electron chi connectivity index (χ3n) is 2.59. The molecular weight excluding hydrogens is 328 g/mol. The van der Waals surface area contributed by atoms with Crippen LogP contribution in [0.4, 0.5) is 5.69 Å². The fraction of sp³-hybridized carbons (Fsp3) is 0.154. The van der Waals surface area contributed by atoms with Gasteiger partial charge in [-0.1, -0.05) is 0 Å². The average molecular weight is 339 g/mol. The largest absolute Gasteiger partial charge is 0.380 e. The Morgan fingerprint density at radius 2 is 2.11 bits per heavy atom. The average Bonchev–Trinajstić information content (AvgIpc) is 2.90. The topological polar surface area (TPSA) is 24.9 Å². The van der Waals surface area contributed by atoms with Gasteiger partial charge in [0.25, 0.3) is 0 Å². The van der Waals surface area contributed by atoms with Crippen molar-refractivity contribution in [3.8, 4) is 0 Å². The van der Waals surface area contributed by atoms with E-state index < -0.39 is 0 Å². The van der Waals surface area contributed by atoms with Gasteiger partial charge in [0.2, 0.25) is 0 Å². The van der Waals surface area contributed by atoms with E-state index in [1.165, 1.54) is 13.4 Å². The number of hydrogen-bond donors (Lipinski definition) is 1. The summed E-state index contributed by atoms with van der Waals surface area (Å²) in [6.45, 7) is 2.90. The van der Waals surface area contributed by atoms with Crippen molar-refractivity contribution in [1.82, 2.24) is 4.98 Å². The van der Waals surface area contributed by atoms with Crippen LogP contribution in [0.5, 0.6) is 0 Å². The Morgan fingerprint density at radius 3 is 2.89 bits per heavy atom. The lowest BCUT2D eigenvalue weighted by molar-refractivity contribution is 1.19. The summed E-state index contributed by atoms with van der Waals surface area (Å²) >= 11 is 6.97. The van der Waals surface area contributed by atoms with Crippen LogP contribution in [0, 0.1) is 6.92 Å². The van der Waals surface area contributed by atoms with Crippen LogP contribution in [0.1, 0.15) is 9.88 Å². The fourth-order valence-corrected chi connectivity index (χ4v) is 4.07. The number of thiazole rings is 1. The first-order chi connectivity index (χ1) is 8.70. The molecule has 3 aromatic rings. The van der Waals surface area contributed by atoms with Crippen molar-refractivity contribution in [3.63, 3.8) is 0 Å². The number of benzene rings is 1. The number of aromatic nitrogens is 1. The SMILES string of the molecule is Cc1nc2ccc(NCc3ccc(Br)s3)cc2s1. The van der Waals surface area contributed by atoms with E-state index in [-0.39, 0.29) is 0 Å². The summed E-state index contributed by atoms with van der Waals surface area (Å²) in [7, 11) is 0. The van der Waals surface area contributed by atoms with E-state index in [9.17, 15) is 0 Å². The van der Waals surface area contributed by atoms with Gasteiger partial charge >= 0.3 is 0 Å². The highest BCUT2D eigenvalue weighted by atomic mass is 79.9. The first-order valence-corrected chi connectivity index (χ1v) is 7.98. The molecule has 0 fully saturated rings. The molecule has 0 radical (unpaired) electrons. The standard InChI is InChI=1S/C13H11BrN2S2/c1-8-16-11-4-2-9(6-12(11)17-8)15-7-10-3-5-13(14)18-10/h2-6,15H,7H2,1H3. The highest BCUT2D eigenvalue weighted by Gasteiger charge is 2.02. The second-order valence-corrected chi connectivity index (χ2v) is 7.76. The number of thiophene rings is 1. The number of fused-ring (bicyclic) bond motifs is 1. The van der Waals surface area contributed by atoms with Crippen LogP contribution in [0.25, 0.3) is 10.2 Å². The molecular formula is C13H11BrN2S2. The van der Waals surface area contributed by atoms with Crippen LogP contribution >= 0.6 is 38.6 Å². The maximum Gasteiger partial charge on any atom is 0.0907 e. The molecule has 0 spiro atoms. The summed E-state index contributed by atoms with van der Waals surface area (Å²) in [5.41, 5.74) is 2.23. The summed E-state index contributed by atoms with van der Waals surface area (Å²) in [4.78, 5) is 5.78. The van der Waals surface area contributed by atoms with Gasteiger partial charge in [0.05, 0.1) is 19.0 Å². The molecule has 0 saturated heterocycles. The molecule has 0 amide bonds. The van der Waals surface area contributed by atoms with Gasteiger partial charge in [0.1, 0.15) is 0 Å². The van der Waals surface area contributed by atoms with Gasteiger partial charge in [0, 0.05) is 17.1 Å². The Labute approximate surface area is 122 Å². The van der Waals surface area contributed by atoms with Crippen LogP contribution in [0.2, 0.25) is 0 Å².